The summed E-state index contributed by atoms with van der Waals surface area (Å²) >= 11 is 0. The molecule has 12 bridgehead atoms. The number of nitrogens with two attached hydrogens (primary N) is 1. The molecule has 10 atom stereocenters. The largest absolute Gasteiger partial charge is 0.478 e. The third-order valence-corrected chi connectivity index (χ3v) is 19.5. The fourth-order valence-electron chi connectivity index (χ4n) is 14.4. The fraction of sp³-hybridized carbons (Fsp3) is 0.507. The second-order valence-corrected chi connectivity index (χ2v) is 26.4. The Morgan fingerprint density at radius 2 is 1.01 bits per heavy atom. The number of hydrogen-bond donors (Lipinski definition) is 8. The van der Waals surface area contributed by atoms with Crippen molar-refractivity contribution in [3.8, 4) is 17.2 Å². The monoisotopic (exact) mass is 1290 g/mol. The first-order chi connectivity index (χ1) is 45.5. The Morgan fingerprint density at radius 3 is 1.53 bits per heavy atom. The predicted octanol–water partition coefficient (Wildman–Crippen LogP) is 7.58. The Morgan fingerprint density at radius 1 is 0.585 bits per heavy atom. The van der Waals surface area contributed by atoms with Crippen molar-refractivity contribution in [3.05, 3.63) is 136 Å². The van der Waals surface area contributed by atoms with Crippen molar-refractivity contribution >= 4 is 53.8 Å². The summed E-state index contributed by atoms with van der Waals surface area (Å²) in [6.45, 7) is 4.98. The lowest BCUT2D eigenvalue weighted by atomic mass is 9.84. The molecule has 0 aromatic heterocycles. The van der Waals surface area contributed by atoms with Crippen LogP contribution in [0.15, 0.2) is 90.4 Å². The van der Waals surface area contributed by atoms with Crippen molar-refractivity contribution < 1.29 is 57.3 Å². The first-order valence-corrected chi connectivity index (χ1v) is 33.6. The van der Waals surface area contributed by atoms with Gasteiger partial charge in [0, 0.05) is 116 Å². The molecule has 7 aliphatic rings. The van der Waals surface area contributed by atoms with Crippen LogP contribution in [0.5, 0.6) is 17.2 Å². The van der Waals surface area contributed by atoms with E-state index < -0.39 is 71.9 Å². The topological polar surface area (TPSA) is 303 Å². The molecule has 23 heteroatoms. The molecule has 10 unspecified atom stereocenters. The number of carbonyl (C=O) groups excluding carboxylic acids is 8. The second kappa shape index (κ2) is 30.9. The molecule has 94 heavy (non-hydrogen) atoms. The zero-order chi connectivity index (χ0) is 65.8. The van der Waals surface area contributed by atoms with E-state index in [0.717, 1.165) is 51.4 Å². The summed E-state index contributed by atoms with van der Waals surface area (Å²) in [7, 11) is 1.54. The zero-order valence-corrected chi connectivity index (χ0v) is 53.9. The Hall–Kier alpha value is -8.83. The number of hydrogen-bond acceptors (Lipinski definition) is 15. The van der Waals surface area contributed by atoms with Gasteiger partial charge < -0.3 is 55.7 Å². The van der Waals surface area contributed by atoms with Crippen molar-refractivity contribution in [2.75, 3.05) is 20.4 Å². The molecule has 4 fully saturated rings. The highest BCUT2D eigenvalue weighted by atomic mass is 16.6. The van der Waals surface area contributed by atoms with Crippen LogP contribution in [-0.4, -0.2) is 133 Å². The lowest BCUT2D eigenvalue weighted by molar-refractivity contribution is -0.136. The highest BCUT2D eigenvalue weighted by Crippen LogP contribution is 2.34. The molecule has 11 rings (SSSR count). The number of benzene rings is 4. The van der Waals surface area contributed by atoms with Gasteiger partial charge in [0.2, 0.25) is 11.8 Å². The summed E-state index contributed by atoms with van der Waals surface area (Å²) in [6, 6.07) is 17.0. The molecule has 3 aliphatic heterocycles. The number of ether oxygens (including phenoxy) is 4. The summed E-state index contributed by atoms with van der Waals surface area (Å²) in [5, 5.41) is 22.4. The zero-order valence-electron chi connectivity index (χ0n) is 53.9. The van der Waals surface area contributed by atoms with E-state index >= 15 is 14.4 Å². The highest BCUT2D eigenvalue weighted by molar-refractivity contribution is 6.01. The van der Waals surface area contributed by atoms with Gasteiger partial charge in [-0.2, -0.15) is 0 Å². The summed E-state index contributed by atoms with van der Waals surface area (Å²) in [5.41, 5.74) is 10.1. The Kier molecular flexibility index (Phi) is 21.9. The SMILES string of the molecule is C=CCOC(=O)N1Cc2cc3cc(c2)C(=O)NC2CCCCC2NC(=O)c2cc(cc(c2)OC(N)C2CCCCC2N=CO3)CN(C(=O)C(C)CCC(=O)NC)Cc2cc3cc(c2)C(=O)NC2CCCCC2NC(=O)c2cc(cc(c2)OCNC2CCCCC2NC3=O)C1. The normalized spacial score (nSPS) is 25.7. The second-order valence-electron chi connectivity index (χ2n) is 26.4. The average Bonchev–Trinajstić information content (AvgIpc) is 1.09. The summed E-state index contributed by atoms with van der Waals surface area (Å²) in [6.07, 6.45) is 12.8. The maximum atomic E-state index is 15.2. The third-order valence-electron chi connectivity index (χ3n) is 19.5. The molecule has 0 radical (unpaired) electrons. The number of amides is 8. The van der Waals surface area contributed by atoms with Crippen LogP contribution in [-0.2, 0) is 40.5 Å². The number of fused-ring (bicyclic) bond motifs is 14. The first kappa shape index (κ1) is 66.6. The van der Waals surface area contributed by atoms with Crippen LogP contribution in [0.1, 0.15) is 197 Å². The van der Waals surface area contributed by atoms with Crippen LogP contribution in [0, 0.1) is 11.8 Å². The molecule has 4 aromatic carbocycles. The number of rotatable bonds is 6. The van der Waals surface area contributed by atoms with E-state index in [1.807, 2.05) is 0 Å². The number of nitrogens with zero attached hydrogens (tertiary/aromatic N) is 3. The van der Waals surface area contributed by atoms with Gasteiger partial charge in [-0.05, 0) is 153 Å². The molecule has 9 N–H and O–H groups in total. The number of nitrogens with one attached hydrogen (secondary N) is 7. The van der Waals surface area contributed by atoms with Crippen LogP contribution < -0.4 is 57.2 Å². The Bertz CT molecular complexity index is 3520. The van der Waals surface area contributed by atoms with Crippen LogP contribution in [0.25, 0.3) is 0 Å². The summed E-state index contributed by atoms with van der Waals surface area (Å²) < 4.78 is 25.3. The van der Waals surface area contributed by atoms with E-state index in [-0.39, 0.29) is 128 Å². The van der Waals surface area contributed by atoms with Crippen LogP contribution >= 0.6 is 0 Å². The van der Waals surface area contributed by atoms with E-state index in [4.69, 9.17) is 29.7 Å². The van der Waals surface area contributed by atoms with Gasteiger partial charge in [0.1, 0.15) is 30.6 Å². The minimum absolute atomic E-state index is 0.0156. The molecule has 500 valence electrons. The Balaban J connectivity index is 1.09. The van der Waals surface area contributed by atoms with Gasteiger partial charge in [0.25, 0.3) is 29.5 Å². The summed E-state index contributed by atoms with van der Waals surface area (Å²) in [4.78, 5) is 125. The van der Waals surface area contributed by atoms with Gasteiger partial charge in [-0.15, -0.1) is 0 Å². The van der Waals surface area contributed by atoms with Gasteiger partial charge in [-0.1, -0.05) is 70.9 Å². The standard InChI is InChI=1S/C71H89N11O12/c1-4-23-91-71(90)82-38-44-26-49-33-52(29-44)92-40-74-56-14-6-5-13-55(56)64(72)94-54-31-46(28-51(35-54)69(88)80-62-20-12-11-19-61(62)79-67(49)86)37-81(70(89)42(2)21-22-63(83)73-3)36-43-24-47-32-48(25-43)66(85)77-59-17-9-10-18-60(59)78-68(87)50-27-45(39-82)30-53(34-50)93-41-75-57-15-7-8-16-58(57)76-65(47)84/h4,24-35,40,42,55-62,64,75H,1,5-23,36-39,41,72H2,2-3H3,(H,73,83)(H,76,84)(H,77,85)(H,78,87)(H,79,86)(H,80,88). The van der Waals surface area contributed by atoms with E-state index in [1.54, 1.807) is 84.6 Å². The van der Waals surface area contributed by atoms with E-state index in [1.165, 1.54) is 24.4 Å². The first-order valence-electron chi connectivity index (χ1n) is 33.6. The lowest BCUT2D eigenvalue weighted by Crippen LogP contribution is -2.53. The maximum Gasteiger partial charge on any atom is 0.410 e. The molecule has 3 heterocycles. The van der Waals surface area contributed by atoms with Crippen LogP contribution in [0.3, 0.4) is 0 Å². The molecule has 4 aromatic rings. The molecule has 0 spiro atoms. The van der Waals surface area contributed by atoms with E-state index in [0.29, 0.717) is 79.4 Å². The number of carbonyl (C=O) groups is 8. The lowest BCUT2D eigenvalue weighted by Gasteiger charge is -2.33. The molecule has 8 amide bonds. The van der Waals surface area contributed by atoms with Gasteiger partial charge in [0.15, 0.2) is 12.6 Å². The quantitative estimate of drug-likeness (QED) is 0.0864. The highest BCUT2D eigenvalue weighted by Gasteiger charge is 2.36. The third kappa shape index (κ3) is 16.9. The molecular formula is C71H89N11O12. The minimum atomic E-state index is -0.928. The summed E-state index contributed by atoms with van der Waals surface area (Å²) in [5.74, 6) is -2.98. The van der Waals surface area contributed by atoms with Crippen molar-refractivity contribution in [1.82, 2.24) is 47.0 Å². The van der Waals surface area contributed by atoms with Crippen molar-refractivity contribution in [1.29, 1.82) is 0 Å². The number of aliphatic imine (C=N–C) groups is 1. The molecule has 0 saturated heterocycles. The van der Waals surface area contributed by atoms with E-state index in [2.05, 4.69) is 43.8 Å². The van der Waals surface area contributed by atoms with E-state index in [9.17, 15) is 24.0 Å². The molecule has 4 aliphatic carbocycles. The van der Waals surface area contributed by atoms with Gasteiger partial charge in [0.05, 0.1) is 6.04 Å². The Labute approximate surface area is 548 Å². The average molecular weight is 1290 g/mol. The van der Waals surface area contributed by atoms with Gasteiger partial charge >= 0.3 is 6.09 Å². The molecule has 23 nitrogen and oxygen atoms in total. The van der Waals surface area contributed by atoms with Gasteiger partial charge in [-0.3, -0.25) is 54.5 Å². The minimum Gasteiger partial charge on any atom is -0.478 e. The molecule has 4 saturated carbocycles. The molecular weight excluding hydrogens is 1200 g/mol. The smallest absolute Gasteiger partial charge is 0.410 e. The fourth-order valence-corrected chi connectivity index (χ4v) is 14.4. The van der Waals surface area contributed by atoms with Crippen molar-refractivity contribution in [3.63, 3.8) is 0 Å². The predicted molar refractivity (Wildman–Crippen MR) is 351 cm³/mol. The van der Waals surface area contributed by atoms with Gasteiger partial charge in [-0.25, -0.2) is 4.79 Å². The maximum absolute atomic E-state index is 15.2. The van der Waals surface area contributed by atoms with Crippen LogP contribution in [0.2, 0.25) is 0 Å². The van der Waals surface area contributed by atoms with Crippen molar-refractivity contribution in [2.45, 2.75) is 197 Å². The van der Waals surface area contributed by atoms with Crippen molar-refractivity contribution in [2.24, 2.45) is 22.6 Å². The van der Waals surface area contributed by atoms with Crippen LogP contribution in [0.4, 0.5) is 4.79 Å².